The van der Waals surface area contributed by atoms with E-state index in [4.69, 9.17) is 26.5 Å². The zero-order valence-electron chi connectivity index (χ0n) is 15.5. The second-order valence-electron chi connectivity index (χ2n) is 6.58. The summed E-state index contributed by atoms with van der Waals surface area (Å²) in [7, 11) is 0. The molecule has 0 fully saturated rings. The summed E-state index contributed by atoms with van der Waals surface area (Å²) in [5.74, 6) is 7.16. The molecule has 0 aliphatic rings. The molecule has 0 saturated heterocycles. The number of halogens is 1. The van der Waals surface area contributed by atoms with Crippen molar-refractivity contribution in [1.82, 2.24) is 0 Å². The van der Waals surface area contributed by atoms with Gasteiger partial charge in [-0.1, -0.05) is 30.4 Å². The zero-order valence-corrected chi connectivity index (χ0v) is 16.3. The number of ether oxygens (including phenoxy) is 1. The Morgan fingerprint density at radius 3 is 2.39 bits per heavy atom. The van der Waals surface area contributed by atoms with Crippen molar-refractivity contribution in [2.75, 3.05) is 19.8 Å². The predicted octanol–water partition coefficient (Wildman–Crippen LogP) is 3.41. The van der Waals surface area contributed by atoms with Crippen LogP contribution in [0.15, 0.2) is 46.9 Å². The van der Waals surface area contributed by atoms with E-state index in [2.05, 4.69) is 11.8 Å². The summed E-state index contributed by atoms with van der Waals surface area (Å²) in [6.45, 7) is 1.81. The molecule has 6 heteroatoms. The molecule has 146 valence electrons. The van der Waals surface area contributed by atoms with E-state index in [0.717, 1.165) is 22.9 Å². The summed E-state index contributed by atoms with van der Waals surface area (Å²) in [5, 5.41) is 20.2. The average molecular weight is 400 g/mol. The number of hydrogen-bond donors (Lipinski definition) is 3. The summed E-state index contributed by atoms with van der Waals surface area (Å²) in [4.78, 5) is 0. The SMILES string of the molecule is CCCOc1ccc(C#Cc2ccc3oc(C(N)(CO)CO)cc3c2)cc1Cl. The van der Waals surface area contributed by atoms with Crippen LogP contribution in [0.4, 0.5) is 0 Å². The van der Waals surface area contributed by atoms with E-state index in [1.807, 2.05) is 31.2 Å². The van der Waals surface area contributed by atoms with Gasteiger partial charge in [0.05, 0.1) is 24.8 Å². The Bertz CT molecular complexity index is 1030. The second-order valence-corrected chi connectivity index (χ2v) is 6.99. The van der Waals surface area contributed by atoms with Crippen LogP contribution in [0.25, 0.3) is 11.0 Å². The number of furan rings is 1. The standard InChI is InChI=1S/C22H22ClNO4/c1-2-9-27-20-8-6-16(11-18(20)23)4-3-15-5-7-19-17(10-15)12-21(28-19)22(24,13-25)14-26/h5-8,10-12,25-26H,2,9,13-14,24H2,1H3. The molecule has 0 unspecified atom stereocenters. The van der Waals surface area contributed by atoms with Crippen LogP contribution in [0.3, 0.4) is 0 Å². The number of fused-ring (bicyclic) bond motifs is 1. The topological polar surface area (TPSA) is 88.9 Å². The van der Waals surface area contributed by atoms with Gasteiger partial charge in [-0.05, 0) is 48.9 Å². The van der Waals surface area contributed by atoms with E-state index >= 15 is 0 Å². The minimum Gasteiger partial charge on any atom is -0.492 e. The first-order valence-electron chi connectivity index (χ1n) is 8.98. The molecule has 0 atom stereocenters. The van der Waals surface area contributed by atoms with Crippen LogP contribution in [0.1, 0.15) is 30.2 Å². The maximum Gasteiger partial charge on any atom is 0.137 e. The van der Waals surface area contributed by atoms with Gasteiger partial charge in [0.25, 0.3) is 0 Å². The first-order valence-corrected chi connectivity index (χ1v) is 9.36. The van der Waals surface area contributed by atoms with E-state index in [9.17, 15) is 10.2 Å². The van der Waals surface area contributed by atoms with Crippen LogP contribution in [0.2, 0.25) is 5.02 Å². The lowest BCUT2D eigenvalue weighted by atomic mass is 10.00. The first kappa shape index (κ1) is 20.2. The van der Waals surface area contributed by atoms with Crippen molar-refractivity contribution < 1.29 is 19.4 Å². The monoisotopic (exact) mass is 399 g/mol. The molecular weight excluding hydrogens is 378 g/mol. The van der Waals surface area contributed by atoms with Crippen LogP contribution in [-0.4, -0.2) is 30.0 Å². The lowest BCUT2D eigenvalue weighted by Crippen LogP contribution is -2.43. The molecule has 3 aromatic rings. The molecule has 4 N–H and O–H groups in total. The van der Waals surface area contributed by atoms with Crippen molar-refractivity contribution in [2.45, 2.75) is 18.9 Å². The molecule has 28 heavy (non-hydrogen) atoms. The molecule has 0 bridgehead atoms. The van der Waals surface area contributed by atoms with Gasteiger partial charge in [0, 0.05) is 16.5 Å². The first-order chi connectivity index (χ1) is 13.5. The summed E-state index contributed by atoms with van der Waals surface area (Å²) in [6.07, 6.45) is 0.915. The van der Waals surface area contributed by atoms with Crippen LogP contribution in [-0.2, 0) is 5.54 Å². The molecule has 3 rings (SSSR count). The fourth-order valence-electron chi connectivity index (χ4n) is 2.62. The highest BCUT2D eigenvalue weighted by Crippen LogP contribution is 2.27. The maximum absolute atomic E-state index is 9.43. The minimum absolute atomic E-state index is 0.326. The van der Waals surface area contributed by atoms with Gasteiger partial charge in [-0.15, -0.1) is 0 Å². The molecule has 1 heterocycles. The predicted molar refractivity (Wildman–Crippen MR) is 109 cm³/mol. The Kier molecular flexibility index (Phi) is 6.28. The molecule has 0 amide bonds. The molecule has 0 saturated carbocycles. The summed E-state index contributed by atoms with van der Waals surface area (Å²) >= 11 is 6.24. The highest BCUT2D eigenvalue weighted by atomic mass is 35.5. The van der Waals surface area contributed by atoms with Gasteiger partial charge in [-0.25, -0.2) is 0 Å². The normalized spacial score (nSPS) is 11.3. The smallest absolute Gasteiger partial charge is 0.137 e. The fraction of sp³-hybridized carbons (Fsp3) is 0.273. The molecule has 5 nitrogen and oxygen atoms in total. The largest absolute Gasteiger partial charge is 0.492 e. The van der Waals surface area contributed by atoms with Crippen LogP contribution in [0, 0.1) is 11.8 Å². The molecule has 0 aliphatic carbocycles. The van der Waals surface area contributed by atoms with Crippen molar-refractivity contribution in [3.8, 4) is 17.6 Å². The molecule has 1 aromatic heterocycles. The Morgan fingerprint density at radius 2 is 1.75 bits per heavy atom. The third-order valence-corrected chi connectivity index (χ3v) is 4.61. The van der Waals surface area contributed by atoms with E-state index in [1.165, 1.54) is 0 Å². The minimum atomic E-state index is -1.32. The molecule has 0 radical (unpaired) electrons. The van der Waals surface area contributed by atoms with Gasteiger partial charge >= 0.3 is 0 Å². The van der Waals surface area contributed by atoms with E-state index in [-0.39, 0.29) is 0 Å². The summed E-state index contributed by atoms with van der Waals surface area (Å²) in [6, 6.07) is 12.7. The molecular formula is C22H22ClNO4. The lowest BCUT2D eigenvalue weighted by Gasteiger charge is -2.21. The Labute approximate surface area is 168 Å². The highest BCUT2D eigenvalue weighted by Gasteiger charge is 2.29. The molecule has 2 aromatic carbocycles. The highest BCUT2D eigenvalue weighted by molar-refractivity contribution is 6.32. The van der Waals surface area contributed by atoms with Gasteiger partial charge in [-0.2, -0.15) is 0 Å². The van der Waals surface area contributed by atoms with E-state index < -0.39 is 18.8 Å². The van der Waals surface area contributed by atoms with Gasteiger partial charge < -0.3 is 25.1 Å². The third-order valence-electron chi connectivity index (χ3n) is 4.32. The number of aliphatic hydroxyl groups is 2. The van der Waals surface area contributed by atoms with Crippen LogP contribution >= 0.6 is 11.6 Å². The fourth-order valence-corrected chi connectivity index (χ4v) is 2.86. The van der Waals surface area contributed by atoms with Gasteiger partial charge in [0.1, 0.15) is 22.6 Å². The lowest BCUT2D eigenvalue weighted by molar-refractivity contribution is 0.105. The number of rotatable bonds is 6. The van der Waals surface area contributed by atoms with Crippen molar-refractivity contribution in [3.05, 3.63) is 64.4 Å². The quantitative estimate of drug-likeness (QED) is 0.553. The summed E-state index contributed by atoms with van der Waals surface area (Å²) < 4.78 is 11.2. The van der Waals surface area contributed by atoms with Crippen LogP contribution < -0.4 is 10.5 Å². The third kappa shape index (κ3) is 4.32. The van der Waals surface area contributed by atoms with Crippen molar-refractivity contribution in [1.29, 1.82) is 0 Å². The van der Waals surface area contributed by atoms with Gasteiger partial charge in [0.2, 0.25) is 0 Å². The van der Waals surface area contributed by atoms with Crippen molar-refractivity contribution >= 4 is 22.6 Å². The number of hydrogen-bond acceptors (Lipinski definition) is 5. The van der Waals surface area contributed by atoms with E-state index in [0.29, 0.717) is 28.7 Å². The van der Waals surface area contributed by atoms with Gasteiger partial charge in [0.15, 0.2) is 0 Å². The number of nitrogens with two attached hydrogens (primary N) is 1. The zero-order chi connectivity index (χ0) is 20.1. The Hall–Kier alpha value is -2.49. The Balaban J connectivity index is 1.85. The summed E-state index contributed by atoms with van der Waals surface area (Å²) in [5.41, 5.74) is 6.83. The Morgan fingerprint density at radius 1 is 1.07 bits per heavy atom. The van der Waals surface area contributed by atoms with Crippen LogP contribution in [0.5, 0.6) is 5.75 Å². The van der Waals surface area contributed by atoms with Gasteiger partial charge in [-0.3, -0.25) is 0 Å². The maximum atomic E-state index is 9.43. The number of aliphatic hydroxyl groups excluding tert-OH is 2. The second kappa shape index (κ2) is 8.68. The molecule has 0 aliphatic heterocycles. The average Bonchev–Trinajstić information content (AvgIpc) is 3.15. The molecule has 0 spiro atoms. The van der Waals surface area contributed by atoms with Crippen molar-refractivity contribution in [2.24, 2.45) is 5.73 Å². The van der Waals surface area contributed by atoms with Crippen molar-refractivity contribution in [3.63, 3.8) is 0 Å². The van der Waals surface area contributed by atoms with E-state index in [1.54, 1.807) is 18.2 Å². The number of benzene rings is 2.